The highest BCUT2D eigenvalue weighted by Crippen LogP contribution is 2.24. The Hall–Kier alpha value is -1.96. The molecular formula is C15H14O2. The molecule has 0 aliphatic carbocycles. The molecule has 0 saturated heterocycles. The van der Waals surface area contributed by atoms with E-state index in [1.807, 2.05) is 31.2 Å². The van der Waals surface area contributed by atoms with Crippen molar-refractivity contribution in [3.8, 4) is 11.5 Å². The van der Waals surface area contributed by atoms with Gasteiger partial charge in [-0.3, -0.25) is 0 Å². The molecule has 86 valence electrons. The van der Waals surface area contributed by atoms with Gasteiger partial charge in [-0.05, 0) is 41.3 Å². The maximum Gasteiger partial charge on any atom is 0.115 e. The Morgan fingerprint density at radius 2 is 1.29 bits per heavy atom. The smallest absolute Gasteiger partial charge is 0.115 e. The Labute approximate surface area is 101 Å². The molecule has 2 aromatic carbocycles. The molecule has 0 bridgehead atoms. The van der Waals surface area contributed by atoms with E-state index in [-0.39, 0.29) is 17.4 Å². The largest absolute Gasteiger partial charge is 0.508 e. The zero-order valence-corrected chi connectivity index (χ0v) is 9.59. The maximum absolute atomic E-state index is 9.21. The second-order valence-corrected chi connectivity index (χ2v) is 4.00. The summed E-state index contributed by atoms with van der Waals surface area (Å²) in [6.45, 7) is 2.04. The standard InChI is InChI=1S/C15H14O2/c1-11(13-4-8-15(17)9-5-13)10-12-2-6-14(16)7-3-12/h2-9,11,16-17H,1H3. The van der Waals surface area contributed by atoms with E-state index in [0.29, 0.717) is 0 Å². The normalized spacial score (nSPS) is 12.3. The number of hydrogen-bond donors (Lipinski definition) is 2. The van der Waals surface area contributed by atoms with Crippen molar-refractivity contribution < 1.29 is 10.2 Å². The van der Waals surface area contributed by atoms with Gasteiger partial charge in [-0.1, -0.05) is 31.2 Å². The summed E-state index contributed by atoms with van der Waals surface area (Å²) in [5, 5.41) is 18.4. The number of hydrogen-bond acceptors (Lipinski definition) is 2. The van der Waals surface area contributed by atoms with E-state index in [2.05, 4.69) is 6.42 Å². The highest BCUT2D eigenvalue weighted by molar-refractivity contribution is 5.36. The first-order valence-corrected chi connectivity index (χ1v) is 5.49. The molecule has 0 aliphatic rings. The van der Waals surface area contributed by atoms with E-state index in [1.54, 1.807) is 24.3 Å². The van der Waals surface area contributed by atoms with Crippen LogP contribution in [0.5, 0.6) is 11.5 Å². The van der Waals surface area contributed by atoms with Crippen LogP contribution in [0.2, 0.25) is 0 Å². The van der Waals surface area contributed by atoms with Gasteiger partial charge >= 0.3 is 0 Å². The topological polar surface area (TPSA) is 40.5 Å². The zero-order valence-electron chi connectivity index (χ0n) is 9.59. The van der Waals surface area contributed by atoms with Gasteiger partial charge in [0.05, 0.1) is 0 Å². The minimum absolute atomic E-state index is 0.139. The van der Waals surface area contributed by atoms with Crippen molar-refractivity contribution in [1.29, 1.82) is 0 Å². The zero-order chi connectivity index (χ0) is 12.3. The molecule has 1 unspecified atom stereocenters. The summed E-state index contributed by atoms with van der Waals surface area (Å²) < 4.78 is 0. The molecule has 2 rings (SSSR count). The summed E-state index contributed by atoms with van der Waals surface area (Å²) in [6, 6.07) is 14.0. The molecule has 2 heteroatoms. The second kappa shape index (κ2) is 4.91. The molecule has 1 atom stereocenters. The van der Waals surface area contributed by atoms with Gasteiger partial charge in [0.25, 0.3) is 0 Å². The molecule has 2 radical (unpaired) electrons. The first kappa shape index (κ1) is 11.5. The highest BCUT2D eigenvalue weighted by atomic mass is 16.3. The summed E-state index contributed by atoms with van der Waals surface area (Å²) >= 11 is 0. The van der Waals surface area contributed by atoms with Gasteiger partial charge in [-0.15, -0.1) is 0 Å². The van der Waals surface area contributed by atoms with Crippen LogP contribution < -0.4 is 0 Å². The number of phenols is 2. The number of benzene rings is 2. The molecule has 0 spiro atoms. The summed E-state index contributed by atoms with van der Waals surface area (Å²) in [6.07, 6.45) is 3.31. The number of rotatable bonds is 3. The molecule has 2 nitrogen and oxygen atoms in total. The van der Waals surface area contributed by atoms with Crippen molar-refractivity contribution in [2.45, 2.75) is 12.8 Å². The van der Waals surface area contributed by atoms with Crippen molar-refractivity contribution in [3.63, 3.8) is 0 Å². The third kappa shape index (κ3) is 3.00. The molecule has 0 saturated carbocycles. The van der Waals surface area contributed by atoms with Crippen LogP contribution in [-0.2, 0) is 0 Å². The Morgan fingerprint density at radius 1 is 0.824 bits per heavy atom. The lowest BCUT2D eigenvalue weighted by Crippen LogP contribution is -1.95. The van der Waals surface area contributed by atoms with Gasteiger partial charge in [0.1, 0.15) is 11.5 Å². The lowest BCUT2D eigenvalue weighted by molar-refractivity contribution is 0.474. The van der Waals surface area contributed by atoms with Crippen LogP contribution in [-0.4, -0.2) is 10.2 Å². The summed E-state index contributed by atoms with van der Waals surface area (Å²) in [5.74, 6) is 0.665. The SMILES string of the molecule is CC([C]c1ccc(O)cc1)c1ccc(O)cc1. The summed E-state index contributed by atoms with van der Waals surface area (Å²) in [5.41, 5.74) is 2.04. The van der Waals surface area contributed by atoms with E-state index < -0.39 is 0 Å². The first-order chi connectivity index (χ1) is 8.15. The quantitative estimate of drug-likeness (QED) is 0.842. The molecule has 0 heterocycles. The third-order valence-electron chi connectivity index (χ3n) is 2.64. The van der Waals surface area contributed by atoms with Crippen molar-refractivity contribution in [2.75, 3.05) is 0 Å². The monoisotopic (exact) mass is 226 g/mol. The van der Waals surface area contributed by atoms with Crippen LogP contribution in [0.1, 0.15) is 24.0 Å². The molecule has 0 amide bonds. The van der Waals surface area contributed by atoms with Crippen LogP contribution >= 0.6 is 0 Å². The average molecular weight is 226 g/mol. The van der Waals surface area contributed by atoms with Crippen molar-refractivity contribution >= 4 is 0 Å². The number of phenolic OH excluding ortho intramolecular Hbond substituents is 2. The van der Waals surface area contributed by atoms with Gasteiger partial charge < -0.3 is 10.2 Å². The average Bonchev–Trinajstić information content (AvgIpc) is 2.33. The molecule has 2 aromatic rings. The van der Waals surface area contributed by atoms with E-state index in [0.717, 1.165) is 11.1 Å². The molecule has 0 fully saturated rings. The lowest BCUT2D eigenvalue weighted by atomic mass is 9.94. The second-order valence-electron chi connectivity index (χ2n) is 4.00. The molecule has 2 N–H and O–H groups in total. The number of aromatic hydroxyl groups is 2. The van der Waals surface area contributed by atoms with Crippen LogP contribution in [0.4, 0.5) is 0 Å². The Morgan fingerprint density at radius 3 is 1.82 bits per heavy atom. The van der Waals surface area contributed by atoms with Crippen LogP contribution in [0, 0.1) is 6.42 Å². The Kier molecular flexibility index (Phi) is 3.33. The Balaban J connectivity index is 2.08. The summed E-state index contributed by atoms with van der Waals surface area (Å²) in [4.78, 5) is 0. The van der Waals surface area contributed by atoms with E-state index in [9.17, 15) is 10.2 Å². The molecule has 0 aromatic heterocycles. The van der Waals surface area contributed by atoms with Crippen LogP contribution in [0.15, 0.2) is 48.5 Å². The minimum Gasteiger partial charge on any atom is -0.508 e. The van der Waals surface area contributed by atoms with Gasteiger partial charge in [0.2, 0.25) is 0 Å². The fraction of sp³-hybridized carbons (Fsp3) is 0.133. The van der Waals surface area contributed by atoms with Crippen LogP contribution in [0.3, 0.4) is 0 Å². The molecular weight excluding hydrogens is 212 g/mol. The maximum atomic E-state index is 9.21. The van der Waals surface area contributed by atoms with Crippen molar-refractivity contribution in [2.24, 2.45) is 0 Å². The van der Waals surface area contributed by atoms with E-state index in [1.165, 1.54) is 0 Å². The van der Waals surface area contributed by atoms with Crippen LogP contribution in [0.25, 0.3) is 0 Å². The minimum atomic E-state index is 0.139. The van der Waals surface area contributed by atoms with Crippen molar-refractivity contribution in [1.82, 2.24) is 0 Å². The first-order valence-electron chi connectivity index (χ1n) is 5.49. The predicted molar refractivity (Wildman–Crippen MR) is 67.0 cm³/mol. The fourth-order valence-corrected chi connectivity index (χ4v) is 1.65. The van der Waals surface area contributed by atoms with Gasteiger partial charge in [0, 0.05) is 6.42 Å². The molecule has 17 heavy (non-hydrogen) atoms. The van der Waals surface area contributed by atoms with E-state index in [4.69, 9.17) is 0 Å². The molecule has 0 aliphatic heterocycles. The van der Waals surface area contributed by atoms with Gasteiger partial charge in [-0.25, -0.2) is 0 Å². The van der Waals surface area contributed by atoms with E-state index >= 15 is 0 Å². The fourth-order valence-electron chi connectivity index (χ4n) is 1.65. The Bertz CT molecular complexity index is 471. The van der Waals surface area contributed by atoms with Crippen molar-refractivity contribution in [3.05, 3.63) is 66.1 Å². The third-order valence-corrected chi connectivity index (χ3v) is 2.64. The van der Waals surface area contributed by atoms with Gasteiger partial charge in [0.15, 0.2) is 0 Å². The lowest BCUT2D eigenvalue weighted by Gasteiger charge is -2.11. The predicted octanol–water partition coefficient (Wildman–Crippen LogP) is 3.33. The van der Waals surface area contributed by atoms with Gasteiger partial charge in [-0.2, -0.15) is 0 Å². The summed E-state index contributed by atoms with van der Waals surface area (Å²) in [7, 11) is 0. The highest BCUT2D eigenvalue weighted by Gasteiger charge is 2.07.